The molecule has 0 saturated heterocycles. The van der Waals surface area contributed by atoms with Crippen LogP contribution in [0.25, 0.3) is 0 Å². The summed E-state index contributed by atoms with van der Waals surface area (Å²) >= 11 is 11.7. The van der Waals surface area contributed by atoms with Gasteiger partial charge in [-0.25, -0.2) is 0 Å². The van der Waals surface area contributed by atoms with Crippen LogP contribution in [0, 0.1) is 22.2 Å². The van der Waals surface area contributed by atoms with E-state index in [1.807, 2.05) is 27.7 Å². The molecule has 0 saturated carbocycles. The van der Waals surface area contributed by atoms with Crippen molar-refractivity contribution < 1.29 is 38.9 Å². The first-order chi connectivity index (χ1) is 19.1. The molecule has 0 rings (SSSR count). The maximum Gasteiger partial charge on any atom is 0.192 e. The maximum absolute atomic E-state index is 11.7. The minimum Gasteiger partial charge on any atom is -0.416 e. The lowest BCUT2D eigenvalue weighted by Crippen LogP contribution is -2.44. The Hall–Kier alpha value is 0.657. The number of Topliss-reactive ketones (excluding diaryl/α,β-unsaturated/α-hetero) is 4. The van der Waals surface area contributed by atoms with Crippen LogP contribution < -0.4 is 0 Å². The topological polar surface area (TPSA) is 138 Å². The van der Waals surface area contributed by atoms with Crippen molar-refractivity contribution in [3.63, 3.8) is 0 Å². The van der Waals surface area contributed by atoms with E-state index in [2.05, 4.69) is 94.0 Å². The van der Waals surface area contributed by atoms with Crippen LogP contribution in [0.2, 0.25) is 18.1 Å². The van der Waals surface area contributed by atoms with Crippen molar-refractivity contribution in [2.75, 3.05) is 37.6 Å². The highest BCUT2D eigenvalue weighted by Crippen LogP contribution is 2.37. The van der Waals surface area contributed by atoms with E-state index in [1.165, 1.54) is 6.92 Å². The molecule has 0 amide bonds. The van der Waals surface area contributed by atoms with Crippen molar-refractivity contribution in [3.05, 3.63) is 0 Å². The molecule has 0 fully saturated rings. The van der Waals surface area contributed by atoms with Gasteiger partial charge in [0.15, 0.2) is 19.9 Å². The maximum atomic E-state index is 11.7. The monoisotopic (exact) mass is 894 g/mol. The average molecular weight is 899 g/mol. The number of halogens is 4. The zero-order valence-electron chi connectivity index (χ0n) is 29.5. The largest absolute Gasteiger partial charge is 0.416 e. The second-order valence-electron chi connectivity index (χ2n) is 13.5. The molecule has 0 aromatic carbocycles. The van der Waals surface area contributed by atoms with Crippen LogP contribution >= 0.6 is 60.1 Å². The van der Waals surface area contributed by atoms with E-state index in [-0.39, 0.29) is 52.7 Å². The van der Waals surface area contributed by atoms with E-state index in [0.29, 0.717) is 17.3 Å². The van der Waals surface area contributed by atoms with Crippen LogP contribution in [-0.4, -0.2) is 84.4 Å². The SMILES string of the molecule is BrBr.CC(=O)C(C)(C)CO.CC(=O)C(C)C.CC(C)(CO)C(=O)CBr.CC(C)(CO[Si](C)(C)C(C)(C)C)C(=O)CBr.CO. The fourth-order valence-corrected chi connectivity index (χ4v) is 3.89. The van der Waals surface area contributed by atoms with Crippen molar-refractivity contribution in [2.45, 2.75) is 108 Å². The molecule has 0 radical (unpaired) electrons. The first-order valence-electron chi connectivity index (χ1n) is 13.8. The van der Waals surface area contributed by atoms with Crippen molar-refractivity contribution in [1.29, 1.82) is 0 Å². The van der Waals surface area contributed by atoms with E-state index >= 15 is 0 Å². The highest BCUT2D eigenvalue weighted by Gasteiger charge is 2.39. The molecule has 0 aromatic heterocycles. The number of ketones is 4. The van der Waals surface area contributed by atoms with Gasteiger partial charge in [-0.1, -0.05) is 108 Å². The Labute approximate surface area is 296 Å². The molecule has 0 spiro atoms. The van der Waals surface area contributed by atoms with Gasteiger partial charge >= 0.3 is 0 Å². The molecule has 0 aliphatic heterocycles. The fraction of sp³-hybridized carbons (Fsp3) is 0.867. The van der Waals surface area contributed by atoms with Crippen molar-refractivity contribution in [1.82, 2.24) is 0 Å². The van der Waals surface area contributed by atoms with Gasteiger partial charge in [0.05, 0.1) is 23.9 Å². The highest BCUT2D eigenvalue weighted by atomic mass is 80.9. The Morgan fingerprint density at radius 1 is 0.698 bits per heavy atom. The summed E-state index contributed by atoms with van der Waals surface area (Å²) in [6, 6.07) is 0. The Morgan fingerprint density at radius 3 is 1.12 bits per heavy atom. The molecule has 43 heavy (non-hydrogen) atoms. The number of carbonyl (C=O) groups is 4. The normalized spacial score (nSPS) is 11.3. The Bertz CT molecular complexity index is 764. The van der Waals surface area contributed by atoms with E-state index < -0.39 is 19.1 Å². The van der Waals surface area contributed by atoms with Crippen LogP contribution in [0.4, 0.5) is 0 Å². The number of hydrogen-bond donors (Lipinski definition) is 3. The molecule has 8 nitrogen and oxygen atoms in total. The minimum atomic E-state index is -1.74. The molecule has 0 unspecified atom stereocenters. The van der Waals surface area contributed by atoms with Gasteiger partial charge in [-0.15, -0.1) is 0 Å². The number of aliphatic hydroxyl groups is 3. The number of alkyl halides is 2. The van der Waals surface area contributed by atoms with Crippen LogP contribution in [0.15, 0.2) is 0 Å². The van der Waals surface area contributed by atoms with Crippen molar-refractivity contribution in [2.24, 2.45) is 22.2 Å². The van der Waals surface area contributed by atoms with Gasteiger partial charge in [-0.05, 0) is 32.0 Å². The third kappa shape index (κ3) is 29.8. The smallest absolute Gasteiger partial charge is 0.192 e. The molecule has 0 aromatic rings. The molecular formula is C30H62Br4O8Si. The molecule has 262 valence electrons. The molecular weight excluding hydrogens is 836 g/mol. The van der Waals surface area contributed by atoms with E-state index in [9.17, 15) is 19.2 Å². The lowest BCUT2D eigenvalue weighted by molar-refractivity contribution is -0.127. The zero-order valence-corrected chi connectivity index (χ0v) is 36.9. The van der Waals surface area contributed by atoms with Gasteiger partial charge < -0.3 is 19.7 Å². The van der Waals surface area contributed by atoms with Crippen LogP contribution in [-0.2, 0) is 23.6 Å². The Balaban J connectivity index is -0.000000109. The first-order valence-corrected chi connectivity index (χ1v) is 22.6. The molecule has 0 bridgehead atoms. The van der Waals surface area contributed by atoms with E-state index in [1.54, 1.807) is 34.6 Å². The van der Waals surface area contributed by atoms with Gasteiger partial charge in [0.2, 0.25) is 0 Å². The van der Waals surface area contributed by atoms with Crippen molar-refractivity contribution >= 4 is 91.6 Å². The minimum absolute atomic E-state index is 0.0278. The summed E-state index contributed by atoms with van der Waals surface area (Å²) in [6.07, 6.45) is 0. The summed E-state index contributed by atoms with van der Waals surface area (Å²) in [5.74, 6) is 0.733. The first kappa shape index (κ1) is 56.0. The standard InChI is InChI=1S/C12H25BrO2Si.C6H11BrO2.C6H12O2.C5H10O.CH4O.Br2/c1-11(2,3)16(6,7)15-9-12(4,5)10(14)8-13;1-6(2,4-8)5(9)3-7;1-5(8)6(2,3)4-7;1-4(2)5(3)6;2*1-2/h8-9H2,1-7H3;8H,3-4H2,1-2H3;7H,4H2,1-3H3;4H,1-3H3;2H,1H3;. The fourth-order valence-electron chi connectivity index (χ4n) is 1.22. The Morgan fingerprint density at radius 2 is 0.977 bits per heavy atom. The molecule has 0 heterocycles. The van der Waals surface area contributed by atoms with Crippen LogP contribution in [0.5, 0.6) is 0 Å². The van der Waals surface area contributed by atoms with Crippen LogP contribution in [0.1, 0.15) is 90.0 Å². The number of hydrogen-bond acceptors (Lipinski definition) is 8. The van der Waals surface area contributed by atoms with Gasteiger partial charge in [-0.3, -0.25) is 19.2 Å². The summed E-state index contributed by atoms with van der Waals surface area (Å²) < 4.78 is 6.08. The predicted molar refractivity (Wildman–Crippen MR) is 198 cm³/mol. The molecule has 0 aliphatic carbocycles. The number of aliphatic hydroxyl groups excluding tert-OH is 3. The quantitative estimate of drug-likeness (QED) is 0.140. The molecule has 3 N–H and O–H groups in total. The van der Waals surface area contributed by atoms with Gasteiger partial charge in [0, 0.05) is 64.1 Å². The molecule has 0 aliphatic rings. The van der Waals surface area contributed by atoms with E-state index in [4.69, 9.17) is 19.7 Å². The summed E-state index contributed by atoms with van der Waals surface area (Å²) in [7, 11) is -0.741. The lowest BCUT2D eigenvalue weighted by atomic mass is 9.90. The summed E-state index contributed by atoms with van der Waals surface area (Å²) in [5.41, 5.74) is -1.51. The molecule has 13 heteroatoms. The number of carbonyl (C=O) groups excluding carboxylic acids is 4. The van der Waals surface area contributed by atoms with Gasteiger partial charge in [0.1, 0.15) is 11.6 Å². The summed E-state index contributed by atoms with van der Waals surface area (Å²) in [4.78, 5) is 43.2. The summed E-state index contributed by atoms with van der Waals surface area (Å²) in [6.45, 7) is 29.0. The lowest BCUT2D eigenvalue weighted by Gasteiger charge is -2.38. The highest BCUT2D eigenvalue weighted by molar-refractivity contribution is 9.93. The van der Waals surface area contributed by atoms with Gasteiger partial charge in [-0.2, -0.15) is 0 Å². The van der Waals surface area contributed by atoms with E-state index in [0.717, 1.165) is 7.11 Å². The molecule has 0 atom stereocenters. The number of rotatable bonds is 11. The zero-order chi connectivity index (χ0) is 36.6. The van der Waals surface area contributed by atoms with Gasteiger partial charge in [0.25, 0.3) is 0 Å². The summed E-state index contributed by atoms with van der Waals surface area (Å²) in [5, 5.41) is 25.1. The predicted octanol–water partition coefficient (Wildman–Crippen LogP) is 8.09. The third-order valence-electron chi connectivity index (χ3n) is 6.91. The second-order valence-corrected chi connectivity index (χ2v) is 19.4. The van der Waals surface area contributed by atoms with Crippen LogP contribution in [0.3, 0.4) is 0 Å². The average Bonchev–Trinajstić information content (AvgIpc) is 2.93. The third-order valence-corrected chi connectivity index (χ3v) is 12.4. The Kier molecular flexibility index (Phi) is 36.1. The second kappa shape index (κ2) is 27.7. The van der Waals surface area contributed by atoms with Crippen molar-refractivity contribution in [3.8, 4) is 0 Å².